The van der Waals surface area contributed by atoms with Crippen LogP contribution in [0.15, 0.2) is 48.5 Å². The molecule has 1 aliphatic heterocycles. The van der Waals surface area contributed by atoms with Crippen LogP contribution >= 0.6 is 0 Å². The van der Waals surface area contributed by atoms with Crippen molar-refractivity contribution in [3.63, 3.8) is 0 Å². The van der Waals surface area contributed by atoms with Gasteiger partial charge in [-0.2, -0.15) is 13.2 Å². The van der Waals surface area contributed by atoms with Crippen molar-refractivity contribution in [1.29, 1.82) is 0 Å². The van der Waals surface area contributed by atoms with Crippen molar-refractivity contribution in [2.24, 2.45) is 0 Å². The minimum Gasteiger partial charge on any atom is -0.387 e. The molecule has 0 amide bonds. The number of nitrogens with zero attached hydrogens (tertiary/aromatic N) is 2. The number of rotatable bonds is 5. The molecule has 0 radical (unpaired) electrons. The van der Waals surface area contributed by atoms with Crippen LogP contribution in [0, 0.1) is 5.82 Å². The van der Waals surface area contributed by atoms with Crippen molar-refractivity contribution < 1.29 is 22.7 Å². The second-order valence-corrected chi connectivity index (χ2v) is 7.19. The summed E-state index contributed by atoms with van der Waals surface area (Å²) in [5.74, 6) is -0.329. The minimum absolute atomic E-state index is 0.329. The maximum absolute atomic E-state index is 13.0. The molecule has 1 aliphatic rings. The first-order valence-electron chi connectivity index (χ1n) is 9.35. The third-order valence-electron chi connectivity index (χ3n) is 5.05. The van der Waals surface area contributed by atoms with Gasteiger partial charge in [-0.25, -0.2) is 4.39 Å². The largest absolute Gasteiger partial charge is 0.416 e. The lowest BCUT2D eigenvalue weighted by Crippen LogP contribution is -2.33. The number of hydrogen-bond donors (Lipinski definition) is 1. The molecule has 0 spiro atoms. The average molecular weight is 396 g/mol. The molecule has 1 atom stereocenters. The summed E-state index contributed by atoms with van der Waals surface area (Å²) in [6, 6.07) is 11.2. The quantitative estimate of drug-likeness (QED) is 0.772. The molecule has 0 saturated carbocycles. The molecule has 2 aromatic carbocycles. The van der Waals surface area contributed by atoms with Crippen LogP contribution in [-0.4, -0.2) is 47.6 Å². The highest BCUT2D eigenvalue weighted by atomic mass is 19.4. The lowest BCUT2D eigenvalue weighted by Gasteiger charge is -2.24. The number of halogens is 4. The average Bonchev–Trinajstić information content (AvgIpc) is 2.87. The molecule has 1 heterocycles. The third kappa shape index (κ3) is 5.77. The van der Waals surface area contributed by atoms with Crippen molar-refractivity contribution >= 4 is 0 Å². The van der Waals surface area contributed by atoms with Gasteiger partial charge in [-0.1, -0.05) is 24.3 Å². The van der Waals surface area contributed by atoms with E-state index in [0.717, 1.165) is 50.3 Å². The predicted molar refractivity (Wildman–Crippen MR) is 99.1 cm³/mol. The molecule has 0 aromatic heterocycles. The Labute approximate surface area is 162 Å². The van der Waals surface area contributed by atoms with Gasteiger partial charge in [-0.3, -0.25) is 9.80 Å². The fourth-order valence-electron chi connectivity index (χ4n) is 3.46. The first kappa shape index (κ1) is 20.8. The normalized spacial score (nSPS) is 18.0. The predicted octanol–water partition coefficient (Wildman–Crippen LogP) is 4.09. The Morgan fingerprint density at radius 3 is 2.11 bits per heavy atom. The molecule has 0 aliphatic carbocycles. The molecule has 7 heteroatoms. The van der Waals surface area contributed by atoms with Gasteiger partial charge in [0.15, 0.2) is 0 Å². The summed E-state index contributed by atoms with van der Waals surface area (Å²) in [5, 5.41) is 10.4. The van der Waals surface area contributed by atoms with Crippen LogP contribution in [0.3, 0.4) is 0 Å². The summed E-state index contributed by atoms with van der Waals surface area (Å²) < 4.78 is 51.0. The van der Waals surface area contributed by atoms with Crippen LogP contribution in [0.25, 0.3) is 0 Å². The topological polar surface area (TPSA) is 26.7 Å². The maximum Gasteiger partial charge on any atom is 0.416 e. The molecule has 28 heavy (non-hydrogen) atoms. The van der Waals surface area contributed by atoms with Gasteiger partial charge < -0.3 is 5.11 Å². The molecule has 1 saturated heterocycles. The van der Waals surface area contributed by atoms with E-state index in [0.29, 0.717) is 18.7 Å². The second-order valence-electron chi connectivity index (χ2n) is 7.19. The fourth-order valence-corrected chi connectivity index (χ4v) is 3.46. The number of aliphatic hydroxyl groups is 1. The Balaban J connectivity index is 1.51. The van der Waals surface area contributed by atoms with Crippen LogP contribution in [0.4, 0.5) is 17.6 Å². The molecule has 2 aromatic rings. The molecule has 3 nitrogen and oxygen atoms in total. The monoisotopic (exact) mass is 396 g/mol. The lowest BCUT2D eigenvalue weighted by molar-refractivity contribution is -0.137. The Morgan fingerprint density at radius 1 is 0.857 bits per heavy atom. The SMILES string of the molecule is OC(CN1CCCN(Cc2ccc(C(F)(F)F)cc2)CC1)c1ccc(F)cc1. The van der Waals surface area contributed by atoms with E-state index in [1.54, 1.807) is 12.1 Å². The van der Waals surface area contributed by atoms with E-state index in [1.807, 2.05) is 0 Å². The van der Waals surface area contributed by atoms with Gasteiger partial charge in [0.1, 0.15) is 5.82 Å². The van der Waals surface area contributed by atoms with E-state index < -0.39 is 17.8 Å². The molecule has 1 N–H and O–H groups in total. The van der Waals surface area contributed by atoms with Gasteiger partial charge in [0, 0.05) is 26.2 Å². The van der Waals surface area contributed by atoms with E-state index in [9.17, 15) is 22.7 Å². The zero-order valence-corrected chi connectivity index (χ0v) is 15.5. The first-order valence-corrected chi connectivity index (χ1v) is 9.35. The number of β-amino-alcohol motifs (C(OH)–C–C–N with tert-alkyl or cyclic N) is 1. The van der Waals surface area contributed by atoms with Crippen LogP contribution in [0.5, 0.6) is 0 Å². The van der Waals surface area contributed by atoms with Crippen LogP contribution < -0.4 is 0 Å². The summed E-state index contributed by atoms with van der Waals surface area (Å²) >= 11 is 0. The summed E-state index contributed by atoms with van der Waals surface area (Å²) in [5.41, 5.74) is 0.910. The van der Waals surface area contributed by atoms with E-state index >= 15 is 0 Å². The van der Waals surface area contributed by atoms with Crippen molar-refractivity contribution in [3.05, 3.63) is 71.0 Å². The summed E-state index contributed by atoms with van der Waals surface area (Å²) in [7, 11) is 0. The Kier molecular flexibility index (Phi) is 6.69. The van der Waals surface area contributed by atoms with Crippen molar-refractivity contribution in [2.75, 3.05) is 32.7 Å². The second kappa shape index (κ2) is 9.03. The minimum atomic E-state index is -4.31. The van der Waals surface area contributed by atoms with Gasteiger partial charge in [0.2, 0.25) is 0 Å². The molecular weight excluding hydrogens is 372 g/mol. The highest BCUT2D eigenvalue weighted by Crippen LogP contribution is 2.29. The van der Waals surface area contributed by atoms with Gasteiger partial charge >= 0.3 is 6.18 Å². The van der Waals surface area contributed by atoms with E-state index in [2.05, 4.69) is 9.80 Å². The van der Waals surface area contributed by atoms with E-state index in [1.165, 1.54) is 24.3 Å². The summed E-state index contributed by atoms with van der Waals surface area (Å²) in [6.07, 6.45) is -4.08. The molecule has 3 rings (SSSR count). The molecule has 0 bridgehead atoms. The first-order chi connectivity index (χ1) is 13.3. The smallest absolute Gasteiger partial charge is 0.387 e. The summed E-state index contributed by atoms with van der Waals surface area (Å²) in [6.45, 7) is 4.30. The number of benzene rings is 2. The van der Waals surface area contributed by atoms with Crippen LogP contribution in [0.1, 0.15) is 29.2 Å². The lowest BCUT2D eigenvalue weighted by atomic mass is 10.1. The highest BCUT2D eigenvalue weighted by molar-refractivity contribution is 5.24. The van der Waals surface area contributed by atoms with Crippen molar-refractivity contribution in [3.8, 4) is 0 Å². The van der Waals surface area contributed by atoms with Gasteiger partial charge in [-0.05, 0) is 54.9 Å². The van der Waals surface area contributed by atoms with Crippen LogP contribution in [0.2, 0.25) is 0 Å². The fraction of sp³-hybridized carbons (Fsp3) is 0.429. The number of alkyl halides is 3. The number of hydrogen-bond acceptors (Lipinski definition) is 3. The van der Waals surface area contributed by atoms with Gasteiger partial charge in [0.05, 0.1) is 11.7 Å². The third-order valence-corrected chi connectivity index (χ3v) is 5.05. The standard InChI is InChI=1S/C21H24F4N2O/c22-19-8-4-17(5-9-19)20(28)15-27-11-1-10-26(12-13-27)14-16-2-6-18(7-3-16)21(23,24)25/h2-9,20,28H,1,10-15H2. The Morgan fingerprint density at radius 2 is 1.46 bits per heavy atom. The maximum atomic E-state index is 13.0. The highest BCUT2D eigenvalue weighted by Gasteiger charge is 2.30. The molecule has 1 unspecified atom stereocenters. The molecule has 152 valence electrons. The summed E-state index contributed by atoms with van der Waals surface area (Å²) in [4.78, 5) is 4.38. The Bertz CT molecular complexity index is 746. The number of aliphatic hydroxyl groups excluding tert-OH is 1. The van der Waals surface area contributed by atoms with Crippen molar-refractivity contribution in [1.82, 2.24) is 9.80 Å². The van der Waals surface area contributed by atoms with Crippen molar-refractivity contribution in [2.45, 2.75) is 25.2 Å². The van der Waals surface area contributed by atoms with Crippen LogP contribution in [-0.2, 0) is 12.7 Å². The van der Waals surface area contributed by atoms with Gasteiger partial charge in [0.25, 0.3) is 0 Å². The zero-order chi connectivity index (χ0) is 20.1. The molecular formula is C21H24F4N2O. The van der Waals surface area contributed by atoms with E-state index in [4.69, 9.17) is 0 Å². The zero-order valence-electron chi connectivity index (χ0n) is 15.5. The Hall–Kier alpha value is -1.96. The van der Waals surface area contributed by atoms with Gasteiger partial charge in [-0.15, -0.1) is 0 Å². The van der Waals surface area contributed by atoms with E-state index in [-0.39, 0.29) is 5.82 Å². The molecule has 1 fully saturated rings.